The van der Waals surface area contributed by atoms with E-state index in [1.807, 2.05) is 41.5 Å². The zero-order chi connectivity index (χ0) is 41.4. The summed E-state index contributed by atoms with van der Waals surface area (Å²) in [4.78, 5) is 71.0. The van der Waals surface area contributed by atoms with Gasteiger partial charge in [-0.2, -0.15) is 0 Å². The van der Waals surface area contributed by atoms with Gasteiger partial charge in [0.15, 0.2) is 0 Å². The Hall–Kier alpha value is -3.62. The largest absolute Gasteiger partial charge is 0.480 e. The van der Waals surface area contributed by atoms with Crippen LogP contribution in [-0.2, 0) is 39.9 Å². The van der Waals surface area contributed by atoms with E-state index in [0.29, 0.717) is 19.4 Å². The number of carbonyl (C=O) groups excluding carboxylic acids is 4. The number of aliphatic carboxylic acids is 1. The number of nitrogens with one attached hydrogen (secondary N) is 3. The lowest BCUT2D eigenvalue weighted by Gasteiger charge is -2.41. The van der Waals surface area contributed by atoms with Gasteiger partial charge in [-0.05, 0) is 61.1 Å². The van der Waals surface area contributed by atoms with Gasteiger partial charge in [-0.3, -0.25) is 19.2 Å². The first kappa shape index (κ1) is 45.8. The highest BCUT2D eigenvalue weighted by Crippen LogP contribution is 2.56. The highest BCUT2D eigenvalue weighted by molar-refractivity contribution is 5.90. The summed E-state index contributed by atoms with van der Waals surface area (Å²) in [5.74, 6) is -4.28. The molecule has 13 nitrogen and oxygen atoms in total. The van der Waals surface area contributed by atoms with Crippen molar-refractivity contribution in [1.82, 2.24) is 25.8 Å². The Bertz CT molecular complexity index is 1490. The van der Waals surface area contributed by atoms with Crippen LogP contribution in [0.4, 0.5) is 4.39 Å². The molecular formula is C41H66FN5O8. The Morgan fingerprint density at radius 2 is 1.58 bits per heavy atom. The van der Waals surface area contributed by atoms with Crippen LogP contribution >= 0.6 is 0 Å². The molecule has 310 valence electrons. The normalized spacial score (nSPS) is 20.6. The number of rotatable bonds is 21. The number of nitrogens with zero attached hydrogens (tertiary/aromatic N) is 2. The predicted octanol–water partition coefficient (Wildman–Crippen LogP) is 3.63. The Balaban J connectivity index is 1.83. The molecule has 9 atom stereocenters. The summed E-state index contributed by atoms with van der Waals surface area (Å²) < 4.78 is 26.3. The van der Waals surface area contributed by atoms with Crippen molar-refractivity contribution >= 4 is 29.6 Å². The van der Waals surface area contributed by atoms with Crippen molar-refractivity contribution < 1.29 is 42.9 Å². The number of hydrogen-bond acceptors (Lipinski definition) is 8. The molecule has 3 rings (SSSR count). The van der Waals surface area contributed by atoms with Crippen LogP contribution in [0.1, 0.15) is 86.1 Å². The molecule has 1 spiro atoms. The number of hydrogen-bond donors (Lipinski definition) is 4. The van der Waals surface area contributed by atoms with E-state index >= 15 is 0 Å². The molecular weight excluding hydrogens is 709 g/mol. The average Bonchev–Trinajstić information content (AvgIpc) is 3.79. The van der Waals surface area contributed by atoms with Gasteiger partial charge in [0.1, 0.15) is 17.9 Å². The number of amides is 4. The monoisotopic (exact) mass is 775 g/mol. The highest BCUT2D eigenvalue weighted by atomic mass is 19.1. The summed E-state index contributed by atoms with van der Waals surface area (Å²) in [6.07, 6.45) is 1.47. The van der Waals surface area contributed by atoms with Gasteiger partial charge < -0.3 is 40.3 Å². The van der Waals surface area contributed by atoms with Gasteiger partial charge >= 0.3 is 5.97 Å². The number of carbonyl (C=O) groups is 5. The van der Waals surface area contributed by atoms with E-state index < -0.39 is 66.0 Å². The number of methoxy groups -OCH3 is 2. The first-order valence-corrected chi connectivity index (χ1v) is 19.7. The van der Waals surface area contributed by atoms with Crippen LogP contribution in [0.2, 0.25) is 0 Å². The summed E-state index contributed by atoms with van der Waals surface area (Å²) in [6.45, 7) is 13.8. The van der Waals surface area contributed by atoms with Gasteiger partial charge in [-0.25, -0.2) is 9.18 Å². The van der Waals surface area contributed by atoms with Crippen molar-refractivity contribution in [1.29, 1.82) is 0 Å². The van der Waals surface area contributed by atoms with Crippen LogP contribution < -0.4 is 16.0 Å². The lowest BCUT2D eigenvalue weighted by Crippen LogP contribution is -2.59. The molecule has 55 heavy (non-hydrogen) atoms. The first-order chi connectivity index (χ1) is 25.9. The third-order valence-corrected chi connectivity index (χ3v) is 12.0. The highest BCUT2D eigenvalue weighted by Gasteiger charge is 2.56. The minimum Gasteiger partial charge on any atom is -0.480 e. The van der Waals surface area contributed by atoms with Crippen molar-refractivity contribution in [3.63, 3.8) is 0 Å². The van der Waals surface area contributed by atoms with E-state index in [-0.39, 0.29) is 59.3 Å². The standard InChI is InChI=1S/C41H66FN5O8/c1-12-25(6)35(46(9)39(51)34(24(4)5)45-38(50)33(43-8)23(2)3)31(54-10)20-32(48)47-22-41(17-18-41)21-30(47)36(55-11)26(7)37(49)44-29(40(52)53)19-27-15-13-14-16-28(27)42/h13-16,23-26,29-31,33-36,43H,12,17-22H2,1-11H3,(H,44,49)(H,45,50)(H,52,53)/t25-,26+,29-,30-,31?,33-,34-,35-,36+/m0/s1. The van der Waals surface area contributed by atoms with Gasteiger partial charge in [0, 0.05) is 34.2 Å². The van der Waals surface area contributed by atoms with Crippen molar-refractivity contribution in [3.05, 3.63) is 35.6 Å². The minimum absolute atomic E-state index is 0.00824. The van der Waals surface area contributed by atoms with Crippen LogP contribution in [0.3, 0.4) is 0 Å². The zero-order valence-electron chi connectivity index (χ0n) is 34.7. The molecule has 2 fully saturated rings. The lowest BCUT2D eigenvalue weighted by molar-refractivity contribution is -0.148. The van der Waals surface area contributed by atoms with E-state index in [2.05, 4.69) is 16.0 Å². The fourth-order valence-electron chi connectivity index (χ4n) is 8.20. The Morgan fingerprint density at radius 1 is 0.964 bits per heavy atom. The van der Waals surface area contributed by atoms with E-state index in [4.69, 9.17) is 9.47 Å². The molecule has 1 saturated heterocycles. The van der Waals surface area contributed by atoms with E-state index in [0.717, 1.165) is 12.8 Å². The minimum atomic E-state index is -1.37. The van der Waals surface area contributed by atoms with Crippen molar-refractivity contribution in [2.75, 3.05) is 34.9 Å². The smallest absolute Gasteiger partial charge is 0.326 e. The summed E-state index contributed by atoms with van der Waals surface area (Å²) in [5, 5.41) is 18.5. The second-order valence-electron chi connectivity index (χ2n) is 16.5. The van der Waals surface area contributed by atoms with Crippen LogP contribution in [0.5, 0.6) is 0 Å². The van der Waals surface area contributed by atoms with Crippen LogP contribution in [0, 0.1) is 34.9 Å². The van der Waals surface area contributed by atoms with Crippen molar-refractivity contribution in [2.45, 2.75) is 129 Å². The molecule has 1 heterocycles. The summed E-state index contributed by atoms with van der Waals surface area (Å²) in [7, 11) is 6.42. The summed E-state index contributed by atoms with van der Waals surface area (Å²) in [5.41, 5.74) is 0.0833. The number of ether oxygens (including phenoxy) is 2. The maximum Gasteiger partial charge on any atom is 0.326 e. The molecule has 0 radical (unpaired) electrons. The molecule has 2 aliphatic rings. The molecule has 0 aromatic heterocycles. The molecule has 4 amide bonds. The number of carboxylic acid groups (broad SMARTS) is 1. The average molecular weight is 776 g/mol. The fourth-order valence-corrected chi connectivity index (χ4v) is 8.20. The predicted molar refractivity (Wildman–Crippen MR) is 207 cm³/mol. The second kappa shape index (κ2) is 20.0. The maximum atomic E-state index is 14.4. The lowest BCUT2D eigenvalue weighted by atomic mass is 9.89. The topological polar surface area (TPSA) is 167 Å². The third-order valence-electron chi connectivity index (χ3n) is 12.0. The Labute approximate surface area is 326 Å². The van der Waals surface area contributed by atoms with E-state index in [1.165, 1.54) is 32.4 Å². The molecule has 4 N–H and O–H groups in total. The number of halogens is 1. The molecule has 1 saturated carbocycles. The zero-order valence-corrected chi connectivity index (χ0v) is 34.7. The molecule has 1 aliphatic carbocycles. The van der Waals surface area contributed by atoms with E-state index in [1.54, 1.807) is 36.9 Å². The SMILES string of the molecule is CC[C@H](C)[C@@H](C(CC(=O)N1CC2(CC2)C[C@H]1[C@H](OC)[C@@H](C)C(=O)N[C@@H](Cc1ccccc1F)C(=O)O)OC)N(C)C(=O)[C@@H](NC(=O)[C@@H](NC)C(C)C)C(C)C. The molecule has 0 bridgehead atoms. The fraction of sp³-hybridized carbons (Fsp3) is 0.732. The maximum absolute atomic E-state index is 14.4. The Kier molecular flexibility index (Phi) is 16.6. The quantitative estimate of drug-likeness (QED) is 0.146. The van der Waals surface area contributed by atoms with Gasteiger partial charge in [0.25, 0.3) is 0 Å². The summed E-state index contributed by atoms with van der Waals surface area (Å²) in [6, 6.07) is 2.21. The third kappa shape index (κ3) is 11.3. The number of likely N-dealkylation sites (tertiary alicyclic amines) is 1. The van der Waals surface area contributed by atoms with Crippen molar-refractivity contribution in [2.24, 2.45) is 29.1 Å². The van der Waals surface area contributed by atoms with Gasteiger partial charge in [-0.15, -0.1) is 0 Å². The molecule has 1 aliphatic heterocycles. The number of likely N-dealkylation sites (N-methyl/N-ethyl adjacent to an activating group) is 2. The Morgan fingerprint density at radius 3 is 2.07 bits per heavy atom. The van der Waals surface area contributed by atoms with E-state index in [9.17, 15) is 33.5 Å². The number of carboxylic acids is 1. The van der Waals surface area contributed by atoms with Gasteiger partial charge in [0.05, 0.1) is 42.7 Å². The molecule has 14 heteroatoms. The van der Waals surface area contributed by atoms with Crippen LogP contribution in [-0.4, -0.2) is 122 Å². The molecule has 1 aromatic rings. The van der Waals surface area contributed by atoms with Gasteiger partial charge in [-0.1, -0.05) is 73.1 Å². The van der Waals surface area contributed by atoms with Crippen LogP contribution in [0.15, 0.2) is 24.3 Å². The van der Waals surface area contributed by atoms with Gasteiger partial charge in [0.2, 0.25) is 23.6 Å². The van der Waals surface area contributed by atoms with Crippen LogP contribution in [0.25, 0.3) is 0 Å². The van der Waals surface area contributed by atoms with Crippen molar-refractivity contribution in [3.8, 4) is 0 Å². The number of benzene rings is 1. The molecule has 1 unspecified atom stereocenters. The second-order valence-corrected chi connectivity index (χ2v) is 16.5. The molecule has 1 aromatic carbocycles. The summed E-state index contributed by atoms with van der Waals surface area (Å²) >= 11 is 0. The first-order valence-electron chi connectivity index (χ1n) is 19.7.